The number of benzene rings is 1. The lowest BCUT2D eigenvalue weighted by molar-refractivity contribution is -0.119. The molecule has 0 fully saturated rings. The maximum atomic E-state index is 11.0. The zero-order valence-electron chi connectivity index (χ0n) is 13.4. The molecule has 1 amide bonds. The van der Waals surface area contributed by atoms with Crippen molar-refractivity contribution in [2.24, 2.45) is 0 Å². The van der Waals surface area contributed by atoms with Gasteiger partial charge in [0.15, 0.2) is 0 Å². The minimum Gasteiger partial charge on any atom is -0.360 e. The van der Waals surface area contributed by atoms with E-state index in [-0.39, 0.29) is 11.9 Å². The summed E-state index contributed by atoms with van der Waals surface area (Å²) in [6.45, 7) is 7.26. The van der Waals surface area contributed by atoms with E-state index >= 15 is 0 Å². The van der Waals surface area contributed by atoms with E-state index in [1.807, 2.05) is 45.0 Å². The van der Waals surface area contributed by atoms with Crippen LogP contribution in [0.1, 0.15) is 42.0 Å². The van der Waals surface area contributed by atoms with E-state index < -0.39 is 0 Å². The van der Waals surface area contributed by atoms with E-state index in [0.29, 0.717) is 0 Å². The molecule has 1 aromatic carbocycles. The number of nitrogens with zero attached hydrogens (tertiary/aromatic N) is 1. The largest absolute Gasteiger partial charge is 0.360 e. The molecule has 114 valence electrons. The molecular weight excluding hydrogens is 276 g/mol. The lowest BCUT2D eigenvalue weighted by Gasteiger charge is -2.12. The minimum absolute atomic E-state index is 0.00514. The van der Waals surface area contributed by atoms with E-state index in [9.17, 15) is 4.79 Å². The van der Waals surface area contributed by atoms with Crippen LogP contribution in [-0.4, -0.2) is 17.1 Å². The molecule has 0 radical (unpaired) electrons. The highest BCUT2D eigenvalue weighted by Gasteiger charge is 2.06. The summed E-state index contributed by atoms with van der Waals surface area (Å²) in [4.78, 5) is 11.0. The van der Waals surface area contributed by atoms with Gasteiger partial charge < -0.3 is 9.84 Å². The van der Waals surface area contributed by atoms with Gasteiger partial charge in [0, 0.05) is 18.5 Å². The third-order valence-electron chi connectivity index (χ3n) is 3.31. The normalized spacial score (nSPS) is 11.5. The molecule has 0 bridgehead atoms. The van der Waals surface area contributed by atoms with Crippen LogP contribution in [0, 0.1) is 25.7 Å². The topological polar surface area (TPSA) is 55.1 Å². The van der Waals surface area contributed by atoms with Crippen LogP contribution >= 0.6 is 0 Å². The molecule has 1 atom stereocenters. The summed E-state index contributed by atoms with van der Waals surface area (Å²) in [5, 5.41) is 6.76. The molecule has 4 heteroatoms. The van der Waals surface area contributed by atoms with Crippen molar-refractivity contribution in [1.82, 2.24) is 10.5 Å². The van der Waals surface area contributed by atoms with Gasteiger partial charge in [-0.3, -0.25) is 4.79 Å². The first kappa shape index (κ1) is 15.8. The molecule has 1 aromatic heterocycles. The highest BCUT2D eigenvalue weighted by molar-refractivity contribution is 5.73. The number of hydrogen-bond donors (Lipinski definition) is 1. The highest BCUT2D eigenvalue weighted by atomic mass is 16.5. The summed E-state index contributed by atoms with van der Waals surface area (Å²) in [5.41, 5.74) is 3.77. The summed E-state index contributed by atoms with van der Waals surface area (Å²) >= 11 is 0. The van der Waals surface area contributed by atoms with Crippen LogP contribution in [0.15, 0.2) is 28.8 Å². The quantitative estimate of drug-likeness (QED) is 0.886. The molecule has 1 heterocycles. The van der Waals surface area contributed by atoms with Crippen LogP contribution in [0.3, 0.4) is 0 Å². The summed E-state index contributed by atoms with van der Waals surface area (Å²) < 4.78 is 5.09. The van der Waals surface area contributed by atoms with Gasteiger partial charge in [0.1, 0.15) is 5.76 Å². The summed E-state index contributed by atoms with van der Waals surface area (Å²) in [5.74, 6) is 6.96. The monoisotopic (exact) mass is 296 g/mol. The molecule has 0 saturated heterocycles. The van der Waals surface area contributed by atoms with Gasteiger partial charge in [-0.15, -0.1) is 0 Å². The van der Waals surface area contributed by atoms with Crippen molar-refractivity contribution in [1.29, 1.82) is 0 Å². The van der Waals surface area contributed by atoms with Crippen molar-refractivity contribution >= 4 is 5.91 Å². The van der Waals surface area contributed by atoms with Crippen LogP contribution in [0.4, 0.5) is 0 Å². The molecule has 22 heavy (non-hydrogen) atoms. The first-order chi connectivity index (χ1) is 10.5. The average molecular weight is 296 g/mol. The Labute approximate surface area is 130 Å². The number of amides is 1. The zero-order valence-corrected chi connectivity index (χ0v) is 13.4. The smallest absolute Gasteiger partial charge is 0.217 e. The van der Waals surface area contributed by atoms with Gasteiger partial charge in [-0.25, -0.2) is 0 Å². The number of hydrogen-bond acceptors (Lipinski definition) is 3. The fraction of sp³-hybridized carbons (Fsp3) is 0.333. The van der Waals surface area contributed by atoms with Gasteiger partial charge in [-0.1, -0.05) is 29.1 Å². The molecule has 2 rings (SSSR count). The molecule has 0 saturated carbocycles. The Kier molecular flexibility index (Phi) is 5.00. The van der Waals surface area contributed by atoms with E-state index in [1.54, 1.807) is 0 Å². The van der Waals surface area contributed by atoms with E-state index in [0.717, 1.165) is 29.0 Å². The first-order valence-corrected chi connectivity index (χ1v) is 7.26. The molecule has 0 aliphatic heterocycles. The fourth-order valence-corrected chi connectivity index (χ4v) is 2.27. The first-order valence-electron chi connectivity index (χ1n) is 7.26. The van der Waals surface area contributed by atoms with Crippen LogP contribution < -0.4 is 5.32 Å². The zero-order chi connectivity index (χ0) is 16.1. The molecule has 0 aliphatic rings. The second-order valence-corrected chi connectivity index (χ2v) is 5.45. The Morgan fingerprint density at radius 2 is 1.95 bits per heavy atom. The van der Waals surface area contributed by atoms with Crippen molar-refractivity contribution in [3.8, 4) is 11.8 Å². The van der Waals surface area contributed by atoms with Crippen molar-refractivity contribution in [3.05, 3.63) is 52.4 Å². The Balaban J connectivity index is 2.05. The standard InChI is InChI=1S/C18H20N2O2/c1-12(19-15(4)21)11-17-7-5-16(6-8-17)9-10-18-13(2)20-22-14(18)3/h5-8,12H,11H2,1-4H3,(H,19,21). The number of nitrogens with one attached hydrogen (secondary N) is 1. The number of carbonyl (C=O) groups excluding carboxylic acids is 1. The van der Waals surface area contributed by atoms with Crippen LogP contribution in [0.5, 0.6) is 0 Å². The lowest BCUT2D eigenvalue weighted by Crippen LogP contribution is -2.31. The number of aromatic nitrogens is 1. The van der Waals surface area contributed by atoms with Gasteiger partial charge >= 0.3 is 0 Å². The third-order valence-corrected chi connectivity index (χ3v) is 3.31. The van der Waals surface area contributed by atoms with E-state index in [2.05, 4.69) is 22.3 Å². The number of rotatable bonds is 3. The molecular formula is C18H20N2O2. The molecule has 1 N–H and O–H groups in total. The summed E-state index contributed by atoms with van der Waals surface area (Å²) in [6, 6.07) is 8.17. The fourth-order valence-electron chi connectivity index (χ4n) is 2.27. The third kappa shape index (κ3) is 4.23. The van der Waals surface area contributed by atoms with Crippen molar-refractivity contribution in [3.63, 3.8) is 0 Å². The molecule has 0 spiro atoms. The molecule has 0 aliphatic carbocycles. The van der Waals surface area contributed by atoms with Crippen LogP contribution in [0.2, 0.25) is 0 Å². The molecule has 4 nitrogen and oxygen atoms in total. The Morgan fingerprint density at radius 3 is 2.50 bits per heavy atom. The SMILES string of the molecule is CC(=O)NC(C)Cc1ccc(C#Cc2c(C)noc2C)cc1. The predicted molar refractivity (Wildman–Crippen MR) is 85.4 cm³/mol. The van der Waals surface area contributed by atoms with Gasteiger partial charge in [0.2, 0.25) is 5.91 Å². The van der Waals surface area contributed by atoms with Gasteiger partial charge in [0.05, 0.1) is 11.3 Å². The second kappa shape index (κ2) is 6.95. The lowest BCUT2D eigenvalue weighted by atomic mass is 10.0. The maximum absolute atomic E-state index is 11.0. The number of carbonyl (C=O) groups is 1. The maximum Gasteiger partial charge on any atom is 0.217 e. The van der Waals surface area contributed by atoms with Gasteiger partial charge in [0.25, 0.3) is 0 Å². The summed E-state index contributed by atoms with van der Waals surface area (Å²) in [6.07, 6.45) is 0.803. The van der Waals surface area contributed by atoms with E-state index in [4.69, 9.17) is 4.52 Å². The minimum atomic E-state index is -0.00514. The van der Waals surface area contributed by atoms with Gasteiger partial charge in [-0.05, 0) is 44.9 Å². The van der Waals surface area contributed by atoms with Crippen molar-refractivity contribution in [2.45, 2.75) is 40.2 Å². The second-order valence-electron chi connectivity index (χ2n) is 5.45. The number of aryl methyl sites for hydroxylation is 2. The summed E-state index contributed by atoms with van der Waals surface area (Å²) in [7, 11) is 0. The molecule has 1 unspecified atom stereocenters. The highest BCUT2D eigenvalue weighted by Crippen LogP contribution is 2.11. The Hall–Kier alpha value is -2.54. The van der Waals surface area contributed by atoms with Crippen molar-refractivity contribution in [2.75, 3.05) is 0 Å². The van der Waals surface area contributed by atoms with Crippen LogP contribution in [0.25, 0.3) is 0 Å². The van der Waals surface area contributed by atoms with Crippen LogP contribution in [-0.2, 0) is 11.2 Å². The van der Waals surface area contributed by atoms with Crippen molar-refractivity contribution < 1.29 is 9.32 Å². The van der Waals surface area contributed by atoms with Gasteiger partial charge in [-0.2, -0.15) is 0 Å². The Bertz CT molecular complexity index is 698. The molecule has 2 aromatic rings. The van der Waals surface area contributed by atoms with E-state index in [1.165, 1.54) is 12.5 Å². The predicted octanol–water partition coefficient (Wildman–Crippen LogP) is 2.76. The average Bonchev–Trinajstić information content (AvgIpc) is 2.76. The Morgan fingerprint density at radius 1 is 1.27 bits per heavy atom.